The lowest BCUT2D eigenvalue weighted by molar-refractivity contribution is -0.145. The number of nitrogens with two attached hydrogens (primary N) is 1. The van der Waals surface area contributed by atoms with Crippen molar-refractivity contribution < 1.29 is 14.7 Å². The van der Waals surface area contributed by atoms with Gasteiger partial charge in [-0.15, -0.1) is 0 Å². The summed E-state index contributed by atoms with van der Waals surface area (Å²) in [6, 6.07) is -0.0345. The zero-order chi connectivity index (χ0) is 12.4. The number of carbonyl (C=O) groups excluding carboxylic acids is 1. The minimum Gasteiger partial charge on any atom is -0.481 e. The third kappa shape index (κ3) is 3.19. The highest BCUT2D eigenvalue weighted by atomic mass is 16.4. The normalized spacial score (nSPS) is 26.6. The molecule has 5 nitrogen and oxygen atoms in total. The second-order valence-electron chi connectivity index (χ2n) is 5.22. The van der Waals surface area contributed by atoms with Crippen LogP contribution in [0.15, 0.2) is 0 Å². The first-order chi connectivity index (χ1) is 8.08. The highest BCUT2D eigenvalue weighted by Crippen LogP contribution is 2.33. The fourth-order valence-corrected chi connectivity index (χ4v) is 2.43. The van der Waals surface area contributed by atoms with Gasteiger partial charge in [-0.2, -0.15) is 0 Å². The van der Waals surface area contributed by atoms with E-state index < -0.39 is 11.9 Å². The second kappa shape index (κ2) is 5.04. The van der Waals surface area contributed by atoms with Crippen LogP contribution >= 0.6 is 0 Å². The highest BCUT2D eigenvalue weighted by molar-refractivity contribution is 5.78. The van der Waals surface area contributed by atoms with E-state index >= 15 is 0 Å². The topological polar surface area (TPSA) is 83.6 Å². The summed E-state index contributed by atoms with van der Waals surface area (Å²) in [4.78, 5) is 24.5. The summed E-state index contributed by atoms with van der Waals surface area (Å²) < 4.78 is 0. The number of carboxylic acids is 1. The van der Waals surface area contributed by atoms with Crippen LogP contribution in [-0.2, 0) is 9.59 Å². The monoisotopic (exact) mass is 240 g/mol. The Balaban J connectivity index is 1.83. The minimum atomic E-state index is -0.797. The Morgan fingerprint density at radius 3 is 2.65 bits per heavy atom. The first kappa shape index (κ1) is 12.4. The minimum absolute atomic E-state index is 0.0235. The van der Waals surface area contributed by atoms with Crippen molar-refractivity contribution in [1.82, 2.24) is 4.90 Å². The smallest absolute Gasteiger partial charge is 0.308 e. The van der Waals surface area contributed by atoms with Crippen LogP contribution in [0.3, 0.4) is 0 Å². The predicted molar refractivity (Wildman–Crippen MR) is 62.3 cm³/mol. The molecule has 0 aromatic heterocycles. The Hall–Kier alpha value is -1.10. The first-order valence-electron chi connectivity index (χ1n) is 6.34. The Kier molecular flexibility index (Phi) is 3.66. The van der Waals surface area contributed by atoms with Crippen LogP contribution in [0.2, 0.25) is 0 Å². The molecule has 2 atom stereocenters. The number of carboxylic acid groups (broad SMARTS) is 1. The summed E-state index contributed by atoms with van der Waals surface area (Å²) in [7, 11) is 0. The maximum Gasteiger partial charge on any atom is 0.308 e. The van der Waals surface area contributed by atoms with Gasteiger partial charge >= 0.3 is 5.97 Å². The fourth-order valence-electron chi connectivity index (χ4n) is 2.43. The van der Waals surface area contributed by atoms with Crippen molar-refractivity contribution in [2.45, 2.75) is 38.1 Å². The van der Waals surface area contributed by atoms with E-state index in [9.17, 15) is 9.59 Å². The maximum absolute atomic E-state index is 12.0. The van der Waals surface area contributed by atoms with E-state index in [0.29, 0.717) is 31.8 Å². The summed E-state index contributed by atoms with van der Waals surface area (Å²) in [6.45, 7) is 1.03. The highest BCUT2D eigenvalue weighted by Gasteiger charge is 2.33. The van der Waals surface area contributed by atoms with Crippen molar-refractivity contribution in [2.24, 2.45) is 17.6 Å². The van der Waals surface area contributed by atoms with E-state index in [1.165, 1.54) is 0 Å². The molecule has 1 saturated heterocycles. The number of nitrogens with zero attached hydrogens (tertiary/aromatic N) is 1. The average molecular weight is 240 g/mol. The van der Waals surface area contributed by atoms with Gasteiger partial charge in [0.05, 0.1) is 5.92 Å². The SMILES string of the molecule is NC(CC(=O)N1CCCC(C(=O)O)C1)C1CC1. The number of amides is 1. The lowest BCUT2D eigenvalue weighted by Crippen LogP contribution is -2.44. The Labute approximate surface area is 101 Å². The van der Waals surface area contributed by atoms with Crippen LogP contribution in [0.25, 0.3) is 0 Å². The molecule has 1 aliphatic carbocycles. The summed E-state index contributed by atoms with van der Waals surface area (Å²) >= 11 is 0. The van der Waals surface area contributed by atoms with Gasteiger partial charge < -0.3 is 15.7 Å². The molecule has 1 heterocycles. The molecule has 2 unspecified atom stereocenters. The van der Waals surface area contributed by atoms with Crippen LogP contribution in [0.1, 0.15) is 32.1 Å². The van der Waals surface area contributed by atoms with E-state index in [-0.39, 0.29) is 11.9 Å². The molecule has 1 amide bonds. The van der Waals surface area contributed by atoms with Gasteiger partial charge in [-0.1, -0.05) is 0 Å². The Bertz CT molecular complexity index is 315. The van der Waals surface area contributed by atoms with Gasteiger partial charge in [0.1, 0.15) is 0 Å². The lowest BCUT2D eigenvalue weighted by atomic mass is 9.97. The van der Waals surface area contributed by atoms with E-state index in [2.05, 4.69) is 0 Å². The number of aliphatic carboxylic acids is 1. The van der Waals surface area contributed by atoms with Gasteiger partial charge in [0.25, 0.3) is 0 Å². The lowest BCUT2D eigenvalue weighted by Gasteiger charge is -2.31. The van der Waals surface area contributed by atoms with Crippen molar-refractivity contribution in [3.63, 3.8) is 0 Å². The van der Waals surface area contributed by atoms with E-state index in [4.69, 9.17) is 10.8 Å². The molecule has 0 radical (unpaired) electrons. The molecular formula is C12H20N2O3. The number of rotatable bonds is 4. The van der Waals surface area contributed by atoms with Gasteiger partial charge in [-0.3, -0.25) is 9.59 Å². The van der Waals surface area contributed by atoms with Crippen LogP contribution in [-0.4, -0.2) is 41.0 Å². The van der Waals surface area contributed by atoms with Crippen LogP contribution in [0, 0.1) is 11.8 Å². The Morgan fingerprint density at radius 2 is 2.06 bits per heavy atom. The van der Waals surface area contributed by atoms with Crippen molar-refractivity contribution in [3.8, 4) is 0 Å². The molecule has 96 valence electrons. The summed E-state index contributed by atoms with van der Waals surface area (Å²) in [5.74, 6) is -0.659. The van der Waals surface area contributed by atoms with Gasteiger partial charge in [0.15, 0.2) is 0 Å². The summed E-state index contributed by atoms with van der Waals surface area (Å²) in [5.41, 5.74) is 5.92. The third-order valence-corrected chi connectivity index (χ3v) is 3.76. The molecule has 5 heteroatoms. The standard InChI is InChI=1S/C12H20N2O3/c13-10(8-3-4-8)6-11(15)14-5-1-2-9(7-14)12(16)17/h8-10H,1-7,13H2,(H,16,17). The molecule has 0 aromatic carbocycles. The number of hydrogen-bond acceptors (Lipinski definition) is 3. The molecule has 2 rings (SSSR count). The van der Waals surface area contributed by atoms with Crippen molar-refractivity contribution in [3.05, 3.63) is 0 Å². The first-order valence-corrected chi connectivity index (χ1v) is 6.34. The second-order valence-corrected chi connectivity index (χ2v) is 5.22. The van der Waals surface area contributed by atoms with Gasteiger partial charge in [-0.05, 0) is 31.6 Å². The van der Waals surface area contributed by atoms with Crippen molar-refractivity contribution in [2.75, 3.05) is 13.1 Å². The average Bonchev–Trinajstić information content (AvgIpc) is 3.12. The summed E-state index contributed by atoms with van der Waals surface area (Å²) in [6.07, 6.45) is 4.09. The van der Waals surface area contributed by atoms with Crippen molar-refractivity contribution >= 4 is 11.9 Å². The van der Waals surface area contributed by atoms with Gasteiger partial charge in [-0.25, -0.2) is 0 Å². The van der Waals surface area contributed by atoms with Gasteiger partial charge in [0, 0.05) is 25.6 Å². The molecule has 1 saturated carbocycles. The molecule has 1 aliphatic heterocycles. The molecule has 17 heavy (non-hydrogen) atoms. The van der Waals surface area contributed by atoms with Crippen molar-refractivity contribution in [1.29, 1.82) is 0 Å². The van der Waals surface area contributed by atoms with E-state index in [1.54, 1.807) is 4.90 Å². The fraction of sp³-hybridized carbons (Fsp3) is 0.833. The Morgan fingerprint density at radius 1 is 1.35 bits per heavy atom. The number of piperidine rings is 1. The molecular weight excluding hydrogens is 220 g/mol. The predicted octanol–water partition coefficient (Wildman–Crippen LogP) is 0.437. The van der Waals surface area contributed by atoms with Crippen LogP contribution in [0.4, 0.5) is 0 Å². The molecule has 3 N–H and O–H groups in total. The van der Waals surface area contributed by atoms with Crippen LogP contribution in [0.5, 0.6) is 0 Å². The number of carbonyl (C=O) groups is 2. The van der Waals surface area contributed by atoms with Crippen LogP contribution < -0.4 is 5.73 Å². The summed E-state index contributed by atoms with van der Waals surface area (Å²) in [5, 5.41) is 8.96. The molecule has 0 spiro atoms. The molecule has 0 aromatic rings. The zero-order valence-corrected chi connectivity index (χ0v) is 9.97. The largest absolute Gasteiger partial charge is 0.481 e. The molecule has 0 bridgehead atoms. The molecule has 2 aliphatic rings. The molecule has 2 fully saturated rings. The van der Waals surface area contributed by atoms with E-state index in [1.807, 2.05) is 0 Å². The quantitative estimate of drug-likeness (QED) is 0.746. The number of likely N-dealkylation sites (tertiary alicyclic amines) is 1. The van der Waals surface area contributed by atoms with Gasteiger partial charge in [0.2, 0.25) is 5.91 Å². The zero-order valence-electron chi connectivity index (χ0n) is 9.97. The maximum atomic E-state index is 12.0. The third-order valence-electron chi connectivity index (χ3n) is 3.76. The number of hydrogen-bond donors (Lipinski definition) is 2. The van der Waals surface area contributed by atoms with E-state index in [0.717, 1.165) is 19.3 Å².